The Morgan fingerprint density at radius 1 is 1.11 bits per heavy atom. The van der Waals surface area contributed by atoms with Crippen molar-refractivity contribution in [2.45, 2.75) is 25.3 Å². The van der Waals surface area contributed by atoms with Crippen LogP contribution in [0.15, 0.2) is 47.5 Å². The molecule has 0 aliphatic carbocycles. The van der Waals surface area contributed by atoms with Crippen LogP contribution in [0.3, 0.4) is 0 Å². The minimum atomic E-state index is -0.829. The summed E-state index contributed by atoms with van der Waals surface area (Å²) in [6.45, 7) is 2.10. The molecule has 0 spiro atoms. The first kappa shape index (κ1) is 20.0. The molecule has 0 saturated carbocycles. The molecule has 0 bridgehead atoms. The monoisotopic (exact) mass is 390 g/mol. The third kappa shape index (κ3) is 5.18. The Labute approximate surface area is 163 Å². The van der Waals surface area contributed by atoms with Crippen LogP contribution in [0.2, 0.25) is 0 Å². The average Bonchev–Trinajstić information content (AvgIpc) is 2.71. The van der Waals surface area contributed by atoms with Crippen molar-refractivity contribution >= 4 is 11.6 Å². The molecule has 1 fully saturated rings. The third-order valence-corrected chi connectivity index (χ3v) is 4.95. The summed E-state index contributed by atoms with van der Waals surface area (Å²) in [5.74, 6) is -1.21. The zero-order valence-electron chi connectivity index (χ0n) is 15.9. The molecule has 0 aromatic heterocycles. The van der Waals surface area contributed by atoms with E-state index in [2.05, 4.69) is 20.5 Å². The molecule has 1 heterocycles. The lowest BCUT2D eigenvalue weighted by molar-refractivity contribution is 0.461. The van der Waals surface area contributed by atoms with Gasteiger partial charge >= 0.3 is 0 Å². The molecule has 0 unspecified atom stereocenters. The number of nitrogens with one attached hydrogen (secondary N) is 2. The van der Waals surface area contributed by atoms with Gasteiger partial charge in [0.25, 0.3) is 0 Å². The number of hydrogen-bond donors (Lipinski definition) is 2. The number of rotatable bonds is 5. The van der Waals surface area contributed by atoms with E-state index in [1.807, 2.05) is 6.07 Å². The smallest absolute Gasteiger partial charge is 0.191 e. The second-order valence-corrected chi connectivity index (χ2v) is 6.85. The number of hydrogen-bond acceptors (Lipinski definition) is 2. The number of nitrogens with zero attached hydrogens (tertiary/aromatic N) is 2. The highest BCUT2D eigenvalue weighted by atomic mass is 19.2. The molecule has 28 heavy (non-hydrogen) atoms. The van der Waals surface area contributed by atoms with Gasteiger partial charge in [-0.15, -0.1) is 0 Å². The third-order valence-electron chi connectivity index (χ3n) is 4.95. The fourth-order valence-electron chi connectivity index (χ4n) is 3.40. The first-order valence-corrected chi connectivity index (χ1v) is 9.47. The van der Waals surface area contributed by atoms with Crippen molar-refractivity contribution < 1.29 is 13.2 Å². The number of benzene rings is 2. The minimum absolute atomic E-state index is 0.225. The van der Waals surface area contributed by atoms with Crippen LogP contribution in [-0.4, -0.2) is 38.7 Å². The van der Waals surface area contributed by atoms with Crippen molar-refractivity contribution in [3.8, 4) is 0 Å². The van der Waals surface area contributed by atoms with Crippen molar-refractivity contribution in [3.05, 3.63) is 65.5 Å². The SMILES string of the molecule is CN=C(NCCc1cccc(F)c1F)NC1CCN(c2cccc(F)c2)CC1. The van der Waals surface area contributed by atoms with Gasteiger partial charge in [-0.1, -0.05) is 18.2 Å². The molecule has 4 nitrogen and oxygen atoms in total. The molecule has 2 aromatic carbocycles. The zero-order valence-corrected chi connectivity index (χ0v) is 15.9. The Kier molecular flexibility index (Phi) is 6.79. The van der Waals surface area contributed by atoms with Crippen molar-refractivity contribution in [2.24, 2.45) is 4.99 Å². The van der Waals surface area contributed by atoms with Gasteiger partial charge in [0.2, 0.25) is 0 Å². The van der Waals surface area contributed by atoms with Crippen LogP contribution < -0.4 is 15.5 Å². The molecular weight excluding hydrogens is 365 g/mol. The molecule has 1 aliphatic heterocycles. The molecule has 7 heteroatoms. The summed E-state index contributed by atoms with van der Waals surface area (Å²) in [4.78, 5) is 6.38. The fraction of sp³-hybridized carbons (Fsp3) is 0.381. The van der Waals surface area contributed by atoms with E-state index in [4.69, 9.17) is 0 Å². The standard InChI is InChI=1S/C21H25F3N4/c1-25-21(26-11-8-15-4-2-7-19(23)20(15)24)27-17-9-12-28(13-10-17)18-6-3-5-16(22)14-18/h2-7,14,17H,8-13H2,1H3,(H2,25,26,27). The van der Waals surface area contributed by atoms with Crippen LogP contribution in [0.4, 0.5) is 18.9 Å². The highest BCUT2D eigenvalue weighted by molar-refractivity contribution is 5.80. The second kappa shape index (κ2) is 9.48. The molecule has 150 valence electrons. The molecule has 3 rings (SSSR count). The lowest BCUT2D eigenvalue weighted by atomic mass is 10.0. The first-order chi connectivity index (χ1) is 13.6. The first-order valence-electron chi connectivity index (χ1n) is 9.47. The Balaban J connectivity index is 1.45. The lowest BCUT2D eigenvalue weighted by Crippen LogP contribution is -2.49. The van der Waals surface area contributed by atoms with Gasteiger partial charge in [0.1, 0.15) is 5.82 Å². The average molecular weight is 390 g/mol. The maximum Gasteiger partial charge on any atom is 0.191 e. The summed E-state index contributed by atoms with van der Waals surface area (Å²) in [6.07, 6.45) is 2.16. The van der Waals surface area contributed by atoms with Crippen LogP contribution in [0.25, 0.3) is 0 Å². The summed E-state index contributed by atoms with van der Waals surface area (Å²) in [5, 5.41) is 6.52. The van der Waals surface area contributed by atoms with Gasteiger partial charge in [0.15, 0.2) is 17.6 Å². The van der Waals surface area contributed by atoms with Crippen LogP contribution in [0.5, 0.6) is 0 Å². The highest BCUT2D eigenvalue weighted by Gasteiger charge is 2.20. The molecular formula is C21H25F3N4. The van der Waals surface area contributed by atoms with E-state index in [1.54, 1.807) is 25.2 Å². The topological polar surface area (TPSA) is 39.7 Å². The molecule has 2 N–H and O–H groups in total. The molecule has 0 radical (unpaired) electrons. The van der Waals surface area contributed by atoms with Gasteiger partial charge in [-0.05, 0) is 49.1 Å². The number of guanidine groups is 1. The fourth-order valence-corrected chi connectivity index (χ4v) is 3.40. The van der Waals surface area contributed by atoms with Gasteiger partial charge in [-0.3, -0.25) is 4.99 Å². The van der Waals surface area contributed by atoms with E-state index < -0.39 is 11.6 Å². The van der Waals surface area contributed by atoms with Crippen molar-refractivity contribution in [1.82, 2.24) is 10.6 Å². The van der Waals surface area contributed by atoms with Crippen LogP contribution in [-0.2, 0) is 6.42 Å². The maximum atomic E-state index is 13.7. The number of piperidine rings is 1. The van der Waals surface area contributed by atoms with Gasteiger partial charge in [-0.25, -0.2) is 13.2 Å². The second-order valence-electron chi connectivity index (χ2n) is 6.85. The largest absolute Gasteiger partial charge is 0.371 e. The van der Waals surface area contributed by atoms with Gasteiger partial charge in [0, 0.05) is 38.4 Å². The van der Waals surface area contributed by atoms with Crippen molar-refractivity contribution in [1.29, 1.82) is 0 Å². The summed E-state index contributed by atoms with van der Waals surface area (Å²) in [7, 11) is 1.68. The normalized spacial score (nSPS) is 15.6. The Morgan fingerprint density at radius 3 is 2.57 bits per heavy atom. The maximum absolute atomic E-state index is 13.7. The minimum Gasteiger partial charge on any atom is -0.371 e. The molecule has 1 aliphatic rings. The van der Waals surface area contributed by atoms with Crippen LogP contribution in [0.1, 0.15) is 18.4 Å². The molecule has 2 aromatic rings. The quantitative estimate of drug-likeness (QED) is 0.607. The van der Waals surface area contributed by atoms with E-state index in [9.17, 15) is 13.2 Å². The molecule has 0 atom stereocenters. The lowest BCUT2D eigenvalue weighted by Gasteiger charge is -2.34. The Morgan fingerprint density at radius 2 is 1.86 bits per heavy atom. The summed E-state index contributed by atoms with van der Waals surface area (Å²) >= 11 is 0. The highest BCUT2D eigenvalue weighted by Crippen LogP contribution is 2.20. The summed E-state index contributed by atoms with van der Waals surface area (Å²) in [5.41, 5.74) is 1.24. The predicted molar refractivity (Wildman–Crippen MR) is 106 cm³/mol. The van der Waals surface area contributed by atoms with E-state index in [0.29, 0.717) is 24.5 Å². The Hall–Kier alpha value is -2.70. The summed E-state index contributed by atoms with van der Waals surface area (Å²) in [6, 6.07) is 11.1. The van der Waals surface area contributed by atoms with Crippen LogP contribution in [0, 0.1) is 17.5 Å². The van der Waals surface area contributed by atoms with E-state index >= 15 is 0 Å². The summed E-state index contributed by atoms with van der Waals surface area (Å²) < 4.78 is 40.4. The van der Waals surface area contributed by atoms with E-state index in [0.717, 1.165) is 37.7 Å². The van der Waals surface area contributed by atoms with Crippen LogP contribution >= 0.6 is 0 Å². The van der Waals surface area contributed by atoms with E-state index in [1.165, 1.54) is 12.1 Å². The molecule has 1 saturated heterocycles. The number of aliphatic imine (C=N–C) groups is 1. The zero-order chi connectivity index (χ0) is 19.9. The van der Waals surface area contributed by atoms with Gasteiger partial charge in [0.05, 0.1) is 0 Å². The number of halogens is 3. The molecule has 0 amide bonds. The van der Waals surface area contributed by atoms with Gasteiger partial charge in [-0.2, -0.15) is 0 Å². The Bertz CT molecular complexity index is 817. The number of anilines is 1. The van der Waals surface area contributed by atoms with Crippen molar-refractivity contribution in [2.75, 3.05) is 31.6 Å². The predicted octanol–water partition coefficient (Wildman–Crippen LogP) is 3.48. The van der Waals surface area contributed by atoms with Gasteiger partial charge < -0.3 is 15.5 Å². The van der Waals surface area contributed by atoms with E-state index in [-0.39, 0.29) is 11.9 Å². The van der Waals surface area contributed by atoms with Crippen molar-refractivity contribution in [3.63, 3.8) is 0 Å².